The molecule has 16 heavy (non-hydrogen) atoms. The van der Waals surface area contributed by atoms with Crippen molar-refractivity contribution in [3.63, 3.8) is 0 Å². The van der Waals surface area contributed by atoms with Gasteiger partial charge in [0.15, 0.2) is 5.82 Å². The van der Waals surface area contributed by atoms with Gasteiger partial charge >= 0.3 is 0 Å². The van der Waals surface area contributed by atoms with E-state index in [4.69, 9.17) is 9.63 Å². The number of hydrogen-bond acceptors (Lipinski definition) is 6. The Kier molecular flexibility index (Phi) is 4.84. The summed E-state index contributed by atoms with van der Waals surface area (Å²) in [5, 5.41) is 12.1. The molecule has 0 unspecified atom stereocenters. The summed E-state index contributed by atoms with van der Waals surface area (Å²) < 4.78 is 29.8. The average Bonchev–Trinajstić information content (AvgIpc) is 2.61. The maximum atomic E-state index is 11.3. The number of aliphatic hydroxyl groups is 1. The van der Waals surface area contributed by atoms with Crippen molar-refractivity contribution < 1.29 is 18.0 Å². The number of nitrogens with zero attached hydrogens (tertiary/aromatic N) is 2. The van der Waals surface area contributed by atoms with E-state index in [-0.39, 0.29) is 25.3 Å². The van der Waals surface area contributed by atoms with Crippen molar-refractivity contribution in [3.05, 3.63) is 11.7 Å². The van der Waals surface area contributed by atoms with Gasteiger partial charge in [0, 0.05) is 19.6 Å². The van der Waals surface area contributed by atoms with Crippen LogP contribution in [0.3, 0.4) is 0 Å². The highest BCUT2D eigenvalue weighted by atomic mass is 32.2. The van der Waals surface area contributed by atoms with Crippen LogP contribution in [0, 0.1) is 6.92 Å². The summed E-state index contributed by atoms with van der Waals surface area (Å²) in [5.41, 5.74) is 0. The van der Waals surface area contributed by atoms with Crippen molar-refractivity contribution >= 4 is 10.0 Å². The summed E-state index contributed by atoms with van der Waals surface area (Å²) in [6, 6.07) is 0. The number of rotatable bonds is 7. The molecule has 1 aromatic heterocycles. The minimum absolute atomic E-state index is 0.0770. The number of nitrogens with one attached hydrogen (secondary N) is 1. The first-order chi connectivity index (χ1) is 7.53. The summed E-state index contributed by atoms with van der Waals surface area (Å²) in [5.74, 6) is 0.854. The van der Waals surface area contributed by atoms with Gasteiger partial charge in [-0.3, -0.25) is 0 Å². The van der Waals surface area contributed by atoms with Crippen LogP contribution in [0.15, 0.2) is 4.52 Å². The maximum absolute atomic E-state index is 11.3. The van der Waals surface area contributed by atoms with Crippen molar-refractivity contribution in [3.8, 4) is 0 Å². The Bertz CT molecular complexity index is 415. The molecule has 92 valence electrons. The summed E-state index contributed by atoms with van der Waals surface area (Å²) in [6.07, 6.45) is 0.591. The Morgan fingerprint density at radius 3 is 2.81 bits per heavy atom. The third-order valence-corrected chi connectivity index (χ3v) is 3.27. The van der Waals surface area contributed by atoms with Gasteiger partial charge in [-0.15, -0.1) is 0 Å². The minimum Gasteiger partial charge on any atom is -0.396 e. The number of aliphatic hydroxyl groups excluding tert-OH is 1. The summed E-state index contributed by atoms with van der Waals surface area (Å²) >= 11 is 0. The molecule has 0 bridgehead atoms. The first-order valence-corrected chi connectivity index (χ1v) is 6.56. The highest BCUT2D eigenvalue weighted by Gasteiger charge is 2.10. The second-order valence-electron chi connectivity index (χ2n) is 3.28. The van der Waals surface area contributed by atoms with E-state index in [0.717, 1.165) is 0 Å². The van der Waals surface area contributed by atoms with Crippen LogP contribution < -0.4 is 4.72 Å². The molecule has 0 saturated carbocycles. The molecule has 2 N–H and O–H groups in total. The van der Waals surface area contributed by atoms with Crippen LogP contribution in [0.25, 0.3) is 0 Å². The van der Waals surface area contributed by atoms with E-state index in [2.05, 4.69) is 14.9 Å². The number of hydrogen-bond donors (Lipinski definition) is 2. The van der Waals surface area contributed by atoms with Gasteiger partial charge in [-0.25, -0.2) is 13.1 Å². The van der Waals surface area contributed by atoms with E-state index >= 15 is 0 Å². The van der Waals surface area contributed by atoms with Crippen LogP contribution in [-0.4, -0.2) is 42.6 Å². The zero-order valence-electron chi connectivity index (χ0n) is 9.01. The van der Waals surface area contributed by atoms with E-state index in [9.17, 15) is 8.42 Å². The third-order valence-electron chi connectivity index (χ3n) is 1.80. The van der Waals surface area contributed by atoms with E-state index in [1.807, 2.05) is 0 Å². The first-order valence-electron chi connectivity index (χ1n) is 4.91. The largest absolute Gasteiger partial charge is 0.396 e. The average molecular weight is 249 g/mol. The van der Waals surface area contributed by atoms with E-state index in [1.165, 1.54) is 0 Å². The summed E-state index contributed by atoms with van der Waals surface area (Å²) in [4.78, 5) is 3.94. The fourth-order valence-electron chi connectivity index (χ4n) is 1.08. The van der Waals surface area contributed by atoms with E-state index in [0.29, 0.717) is 18.1 Å². The fraction of sp³-hybridized carbons (Fsp3) is 0.750. The molecule has 0 aliphatic carbocycles. The Balaban J connectivity index is 2.29. The van der Waals surface area contributed by atoms with Crippen molar-refractivity contribution in [1.29, 1.82) is 0 Å². The zero-order valence-corrected chi connectivity index (χ0v) is 9.83. The molecular formula is C8H15N3O4S. The van der Waals surface area contributed by atoms with E-state index < -0.39 is 10.0 Å². The van der Waals surface area contributed by atoms with Gasteiger partial charge in [-0.2, -0.15) is 4.98 Å². The molecule has 1 aromatic rings. The Morgan fingerprint density at radius 2 is 2.25 bits per heavy atom. The zero-order chi connectivity index (χ0) is 12.0. The molecule has 0 aromatic carbocycles. The molecule has 0 aliphatic rings. The predicted octanol–water partition coefficient (Wildman–Crippen LogP) is -0.778. The molecule has 0 radical (unpaired) electrons. The maximum Gasteiger partial charge on any atom is 0.227 e. The van der Waals surface area contributed by atoms with Crippen molar-refractivity contribution in [1.82, 2.24) is 14.9 Å². The molecule has 0 fully saturated rings. The van der Waals surface area contributed by atoms with Crippen LogP contribution in [0.1, 0.15) is 18.1 Å². The van der Waals surface area contributed by atoms with Crippen LogP contribution in [0.5, 0.6) is 0 Å². The van der Waals surface area contributed by atoms with Crippen molar-refractivity contribution in [2.45, 2.75) is 19.8 Å². The third kappa shape index (κ3) is 4.69. The molecule has 0 atom stereocenters. The van der Waals surface area contributed by atoms with E-state index in [1.54, 1.807) is 6.92 Å². The summed E-state index contributed by atoms with van der Waals surface area (Å²) in [7, 11) is -3.31. The van der Waals surface area contributed by atoms with Crippen LogP contribution in [-0.2, 0) is 16.4 Å². The molecule has 0 spiro atoms. The highest BCUT2D eigenvalue weighted by Crippen LogP contribution is 1.96. The van der Waals surface area contributed by atoms with Gasteiger partial charge in [-0.1, -0.05) is 5.16 Å². The molecule has 0 amide bonds. The number of aryl methyl sites for hydroxylation is 1. The SMILES string of the molecule is Cc1noc(CCNS(=O)(=O)CCCO)n1. The standard InChI is InChI=1S/C8H15N3O4S/c1-7-10-8(15-11-7)3-4-9-16(13,14)6-2-5-12/h9,12H,2-6H2,1H3. The summed E-state index contributed by atoms with van der Waals surface area (Å²) in [6.45, 7) is 1.78. The topological polar surface area (TPSA) is 105 Å². The van der Waals surface area contributed by atoms with Crippen LogP contribution in [0.4, 0.5) is 0 Å². The molecule has 0 saturated heterocycles. The molecule has 7 nitrogen and oxygen atoms in total. The van der Waals surface area contributed by atoms with Gasteiger partial charge in [0.25, 0.3) is 0 Å². The van der Waals surface area contributed by atoms with Gasteiger partial charge in [0.2, 0.25) is 15.9 Å². The van der Waals surface area contributed by atoms with Crippen molar-refractivity contribution in [2.75, 3.05) is 18.9 Å². The smallest absolute Gasteiger partial charge is 0.227 e. The van der Waals surface area contributed by atoms with Gasteiger partial charge in [-0.05, 0) is 13.3 Å². The number of sulfonamides is 1. The number of aromatic nitrogens is 2. The lowest BCUT2D eigenvalue weighted by Crippen LogP contribution is -2.28. The van der Waals surface area contributed by atoms with Crippen molar-refractivity contribution in [2.24, 2.45) is 0 Å². The molecule has 0 aliphatic heterocycles. The lowest BCUT2D eigenvalue weighted by molar-refractivity contribution is 0.295. The Labute approximate surface area is 93.9 Å². The second-order valence-corrected chi connectivity index (χ2v) is 5.20. The normalized spacial score (nSPS) is 11.9. The van der Waals surface area contributed by atoms with Gasteiger partial charge < -0.3 is 9.63 Å². The molecular weight excluding hydrogens is 234 g/mol. The van der Waals surface area contributed by atoms with Crippen LogP contribution >= 0.6 is 0 Å². The monoisotopic (exact) mass is 249 g/mol. The Morgan fingerprint density at radius 1 is 1.50 bits per heavy atom. The second kappa shape index (κ2) is 5.92. The predicted molar refractivity (Wildman–Crippen MR) is 56.2 cm³/mol. The quantitative estimate of drug-likeness (QED) is 0.657. The molecule has 8 heteroatoms. The van der Waals surface area contributed by atoms with Gasteiger partial charge in [0.05, 0.1) is 5.75 Å². The lowest BCUT2D eigenvalue weighted by Gasteiger charge is -2.03. The first kappa shape index (κ1) is 13.1. The minimum atomic E-state index is -3.31. The highest BCUT2D eigenvalue weighted by molar-refractivity contribution is 7.89. The molecule has 1 heterocycles. The molecule has 1 rings (SSSR count). The van der Waals surface area contributed by atoms with Gasteiger partial charge in [0.1, 0.15) is 0 Å². The lowest BCUT2D eigenvalue weighted by atomic mass is 10.4. The Hall–Kier alpha value is -0.990. The fourth-order valence-corrected chi connectivity index (χ4v) is 2.15. The van der Waals surface area contributed by atoms with Crippen LogP contribution in [0.2, 0.25) is 0 Å².